The second-order valence-electron chi connectivity index (χ2n) is 9.22. The summed E-state index contributed by atoms with van der Waals surface area (Å²) in [5, 5.41) is 0. The Bertz CT molecular complexity index is 846. The molecule has 0 N–H and O–H groups in total. The molecule has 7 nitrogen and oxygen atoms in total. The molecular weight excluding hydrogens is 437 g/mol. The summed E-state index contributed by atoms with van der Waals surface area (Å²) < 4.78 is 76.3. The zero-order valence-electron chi connectivity index (χ0n) is 17.5. The molecule has 2 saturated carbocycles. The molecule has 176 valence electrons. The third kappa shape index (κ3) is 4.15. The van der Waals surface area contributed by atoms with Crippen LogP contribution in [-0.2, 0) is 21.2 Å². The van der Waals surface area contributed by atoms with Gasteiger partial charge < -0.3 is 14.0 Å². The average molecular weight is 467 g/mol. The van der Waals surface area contributed by atoms with E-state index in [0.29, 0.717) is 0 Å². The van der Waals surface area contributed by atoms with Gasteiger partial charge in [0.05, 0.1) is 0 Å². The molecule has 2 spiro atoms. The van der Waals surface area contributed by atoms with Crippen molar-refractivity contribution in [3.63, 3.8) is 0 Å². The molecule has 31 heavy (non-hydrogen) atoms. The van der Waals surface area contributed by atoms with Gasteiger partial charge in [-0.05, 0) is 51.4 Å². The highest BCUT2D eigenvalue weighted by Crippen LogP contribution is 2.47. The van der Waals surface area contributed by atoms with Crippen LogP contribution in [0.3, 0.4) is 0 Å². The van der Waals surface area contributed by atoms with Crippen LogP contribution in [0.4, 0.5) is 13.2 Å². The zero-order chi connectivity index (χ0) is 22.3. The first-order chi connectivity index (χ1) is 14.6. The third-order valence-electron chi connectivity index (χ3n) is 7.18. The molecule has 2 aliphatic carbocycles. The van der Waals surface area contributed by atoms with Crippen molar-refractivity contribution in [2.45, 2.75) is 93.6 Å². The van der Waals surface area contributed by atoms with Crippen molar-refractivity contribution in [2.75, 3.05) is 13.2 Å². The van der Waals surface area contributed by atoms with Gasteiger partial charge in [-0.1, -0.05) is 25.7 Å². The van der Waals surface area contributed by atoms with Crippen LogP contribution in [0.2, 0.25) is 0 Å². The first kappa shape index (κ1) is 22.7. The van der Waals surface area contributed by atoms with Crippen LogP contribution in [0.1, 0.15) is 77.0 Å². The number of hydrogen-bond donors (Lipinski definition) is 0. The van der Waals surface area contributed by atoms with Crippen molar-refractivity contribution < 1.29 is 40.2 Å². The van der Waals surface area contributed by atoms with E-state index in [-0.39, 0.29) is 11.1 Å². The molecule has 0 atom stereocenters. The van der Waals surface area contributed by atoms with Gasteiger partial charge in [-0.2, -0.15) is 22.3 Å². The van der Waals surface area contributed by atoms with E-state index in [4.69, 9.17) is 22.4 Å². The largest absolute Gasteiger partial charge is 0.741 e. The fraction of sp³-hybridized carbons (Fsp3) is 0.850. The standard InChI is InChI=1S/C19H29N2O2.CHF3O3S/c1-2-6-10-18(9-5-1)13-22-16-17-21(15-20(16)18)19(14-23-17)11-7-3-4-8-12-19;2-1(3,4)8(5,6)7/h15H,1-14H2;(H,5,6,7)/q+1;/p-1. The Labute approximate surface area is 180 Å². The Morgan fingerprint density at radius 1 is 0.903 bits per heavy atom. The van der Waals surface area contributed by atoms with Crippen molar-refractivity contribution in [1.29, 1.82) is 0 Å². The SMILES string of the molecule is O=S(=O)([O-])C(F)(F)F.c1n2c(c3[n+]1C1(CCCCCC1)CO3)OCC21CCCCCC1. The van der Waals surface area contributed by atoms with E-state index < -0.39 is 15.6 Å². The maximum absolute atomic E-state index is 10.7. The maximum atomic E-state index is 10.7. The zero-order valence-corrected chi connectivity index (χ0v) is 18.3. The summed E-state index contributed by atoms with van der Waals surface area (Å²) in [5.41, 5.74) is -5.23. The summed E-state index contributed by atoms with van der Waals surface area (Å²) >= 11 is 0. The minimum absolute atomic E-state index is 0.207. The summed E-state index contributed by atoms with van der Waals surface area (Å²) in [6.07, 6.45) is 18.3. The lowest BCUT2D eigenvalue weighted by atomic mass is 9.91. The Balaban J connectivity index is 0.000000250. The number of aromatic nitrogens is 2. The van der Waals surface area contributed by atoms with Gasteiger partial charge in [0.1, 0.15) is 24.3 Å². The Hall–Kier alpha value is -1.49. The van der Waals surface area contributed by atoms with Crippen LogP contribution in [0.25, 0.3) is 0 Å². The Morgan fingerprint density at radius 3 is 1.94 bits per heavy atom. The molecule has 0 aromatic carbocycles. The number of ether oxygens (including phenoxy) is 2. The summed E-state index contributed by atoms with van der Waals surface area (Å²) in [4.78, 5) is 0. The lowest BCUT2D eigenvalue weighted by molar-refractivity contribution is -0.748. The summed E-state index contributed by atoms with van der Waals surface area (Å²) in [6.45, 7) is 1.71. The summed E-state index contributed by atoms with van der Waals surface area (Å²) in [6, 6.07) is 0. The molecular formula is C20H29F3N2O5S. The van der Waals surface area contributed by atoms with Crippen LogP contribution in [0.5, 0.6) is 11.8 Å². The molecule has 0 saturated heterocycles. The van der Waals surface area contributed by atoms with Crippen molar-refractivity contribution in [1.82, 2.24) is 4.57 Å². The van der Waals surface area contributed by atoms with Gasteiger partial charge in [0.2, 0.25) is 0 Å². The van der Waals surface area contributed by atoms with Crippen LogP contribution in [-0.4, -0.2) is 36.3 Å². The highest BCUT2D eigenvalue weighted by atomic mass is 32.2. The normalized spacial score (nSPS) is 24.3. The molecule has 0 radical (unpaired) electrons. The van der Waals surface area contributed by atoms with Crippen LogP contribution >= 0.6 is 0 Å². The molecule has 0 unspecified atom stereocenters. The highest BCUT2D eigenvalue weighted by molar-refractivity contribution is 7.86. The molecule has 2 aliphatic heterocycles. The fourth-order valence-electron chi connectivity index (χ4n) is 5.45. The van der Waals surface area contributed by atoms with Gasteiger partial charge in [0.15, 0.2) is 10.1 Å². The van der Waals surface area contributed by atoms with E-state index in [2.05, 4.69) is 15.5 Å². The van der Waals surface area contributed by atoms with E-state index in [1.165, 1.54) is 77.0 Å². The van der Waals surface area contributed by atoms with Crippen LogP contribution in [0.15, 0.2) is 6.33 Å². The Kier molecular flexibility index (Phi) is 5.95. The van der Waals surface area contributed by atoms with Crippen LogP contribution in [0, 0.1) is 0 Å². The number of imidazole rings is 1. The molecule has 11 heteroatoms. The van der Waals surface area contributed by atoms with Gasteiger partial charge in [-0.25, -0.2) is 8.42 Å². The summed E-state index contributed by atoms with van der Waals surface area (Å²) in [7, 11) is -6.09. The van der Waals surface area contributed by atoms with Crippen molar-refractivity contribution in [2.24, 2.45) is 0 Å². The fourth-order valence-corrected chi connectivity index (χ4v) is 5.45. The van der Waals surface area contributed by atoms with Crippen LogP contribution < -0.4 is 14.0 Å². The smallest absolute Gasteiger partial charge is 0.485 e. The third-order valence-corrected chi connectivity index (χ3v) is 7.75. The Morgan fingerprint density at radius 2 is 1.42 bits per heavy atom. The highest BCUT2D eigenvalue weighted by Gasteiger charge is 2.55. The maximum Gasteiger partial charge on any atom is 0.485 e. The monoisotopic (exact) mass is 466 g/mol. The molecule has 1 aromatic heterocycles. The molecule has 2 fully saturated rings. The molecule has 3 heterocycles. The lowest BCUT2D eigenvalue weighted by Gasteiger charge is -2.25. The van der Waals surface area contributed by atoms with Gasteiger partial charge in [0, 0.05) is 0 Å². The van der Waals surface area contributed by atoms with Gasteiger partial charge in [0.25, 0.3) is 6.33 Å². The second-order valence-corrected chi connectivity index (χ2v) is 10.6. The van der Waals surface area contributed by atoms with Gasteiger partial charge in [-0.3, -0.25) is 0 Å². The topological polar surface area (TPSA) is 84.5 Å². The number of alkyl halides is 3. The van der Waals surface area contributed by atoms with Gasteiger partial charge >= 0.3 is 17.3 Å². The second kappa shape index (κ2) is 8.13. The molecule has 0 bridgehead atoms. The number of fused-ring (bicyclic) bond motifs is 5. The van der Waals surface area contributed by atoms with Gasteiger partial charge in [-0.15, -0.1) is 0 Å². The first-order valence-corrected chi connectivity index (χ1v) is 12.4. The molecule has 1 aromatic rings. The summed E-state index contributed by atoms with van der Waals surface area (Å²) in [5.74, 6) is 2.04. The average Bonchev–Trinajstić information content (AvgIpc) is 3.15. The minimum atomic E-state index is -6.09. The number of hydrogen-bond acceptors (Lipinski definition) is 5. The number of halogens is 3. The molecule has 5 rings (SSSR count). The first-order valence-electron chi connectivity index (χ1n) is 11.0. The molecule has 4 aliphatic rings. The van der Waals surface area contributed by atoms with E-state index in [0.717, 1.165) is 25.0 Å². The number of nitrogens with zero attached hydrogens (tertiary/aromatic N) is 2. The van der Waals surface area contributed by atoms with Crippen molar-refractivity contribution in [3.8, 4) is 11.8 Å². The van der Waals surface area contributed by atoms with E-state index >= 15 is 0 Å². The quantitative estimate of drug-likeness (QED) is 0.331. The van der Waals surface area contributed by atoms with E-state index in [1.54, 1.807) is 0 Å². The van der Waals surface area contributed by atoms with E-state index in [9.17, 15) is 13.2 Å². The minimum Gasteiger partial charge on any atom is -0.741 e. The number of rotatable bonds is 0. The van der Waals surface area contributed by atoms with Crippen molar-refractivity contribution in [3.05, 3.63) is 6.33 Å². The lowest BCUT2D eigenvalue weighted by Crippen LogP contribution is -2.54. The van der Waals surface area contributed by atoms with E-state index in [1.807, 2.05) is 0 Å². The predicted molar refractivity (Wildman–Crippen MR) is 103 cm³/mol. The predicted octanol–water partition coefficient (Wildman–Crippen LogP) is 3.71. The van der Waals surface area contributed by atoms with Crippen molar-refractivity contribution >= 4 is 10.1 Å². The molecule has 0 amide bonds.